The second kappa shape index (κ2) is 6.01. The third kappa shape index (κ3) is 2.43. The van der Waals surface area contributed by atoms with Crippen molar-refractivity contribution in [3.63, 3.8) is 0 Å². The fraction of sp³-hybridized carbons (Fsp3) is 0.300. The summed E-state index contributed by atoms with van der Waals surface area (Å²) in [6.07, 6.45) is 4.41. The molecule has 2 aliphatic heterocycles. The lowest BCUT2D eigenvalue weighted by molar-refractivity contribution is 0.0793. The topological polar surface area (TPSA) is 47.3 Å². The molecule has 4 rings (SSSR count). The van der Waals surface area contributed by atoms with Crippen LogP contribution in [0.25, 0.3) is 11.1 Å². The summed E-state index contributed by atoms with van der Waals surface area (Å²) in [5, 5.41) is 9.20. The highest BCUT2D eigenvalue weighted by atomic mass is 16.2. The normalized spacial score (nSPS) is 16.1. The Labute approximate surface area is 141 Å². The Morgan fingerprint density at radius 3 is 2.50 bits per heavy atom. The number of nitrogens with zero attached hydrogens (tertiary/aromatic N) is 3. The number of carbonyl (C=O) groups excluding carboxylic acids is 1. The highest BCUT2D eigenvalue weighted by Gasteiger charge is 2.25. The van der Waals surface area contributed by atoms with Crippen LogP contribution in [0.15, 0.2) is 42.5 Å². The summed E-state index contributed by atoms with van der Waals surface area (Å²) in [7, 11) is 0. The zero-order valence-corrected chi connectivity index (χ0v) is 13.5. The molecule has 0 atom stereocenters. The Balaban J connectivity index is 1.78. The minimum absolute atomic E-state index is 0.121. The van der Waals surface area contributed by atoms with Crippen molar-refractivity contribution >= 4 is 5.91 Å². The number of rotatable bonds is 2. The maximum absolute atomic E-state index is 12.9. The third-order valence-electron chi connectivity index (χ3n) is 4.97. The number of amides is 1. The van der Waals surface area contributed by atoms with Crippen molar-refractivity contribution in [2.24, 2.45) is 0 Å². The van der Waals surface area contributed by atoms with Crippen molar-refractivity contribution in [2.45, 2.75) is 25.9 Å². The number of carbonyl (C=O) groups is 1. The van der Waals surface area contributed by atoms with Crippen LogP contribution in [0.4, 0.5) is 0 Å². The van der Waals surface area contributed by atoms with Crippen molar-refractivity contribution in [2.75, 3.05) is 13.1 Å². The summed E-state index contributed by atoms with van der Waals surface area (Å²) in [4.78, 5) is 16.6. The number of benzene rings is 2. The van der Waals surface area contributed by atoms with E-state index in [0.29, 0.717) is 13.1 Å². The standard InChI is InChI=1S/C20H19N3O/c21-14-22-12-15-6-5-9-17(19(15)13-22)16-7-1-2-8-18(16)20(24)23-10-3-4-11-23/h1-2,5-9H,3-4,10-13H2. The van der Waals surface area contributed by atoms with Crippen molar-refractivity contribution in [3.8, 4) is 17.3 Å². The molecular formula is C20H19N3O. The van der Waals surface area contributed by atoms with Crippen LogP contribution in [0.2, 0.25) is 0 Å². The summed E-state index contributed by atoms with van der Waals surface area (Å²) < 4.78 is 0. The minimum atomic E-state index is 0.121. The predicted molar refractivity (Wildman–Crippen MR) is 91.9 cm³/mol. The third-order valence-corrected chi connectivity index (χ3v) is 4.97. The van der Waals surface area contributed by atoms with Gasteiger partial charge in [0.25, 0.3) is 5.91 Å². The molecule has 2 aliphatic rings. The summed E-state index contributed by atoms with van der Waals surface area (Å²) in [5.74, 6) is 0.121. The molecule has 2 heterocycles. The molecule has 0 unspecified atom stereocenters. The zero-order valence-electron chi connectivity index (χ0n) is 13.5. The van der Waals surface area contributed by atoms with Crippen LogP contribution in [0.1, 0.15) is 34.3 Å². The van der Waals surface area contributed by atoms with Gasteiger partial charge in [-0.2, -0.15) is 5.26 Å². The summed E-state index contributed by atoms with van der Waals surface area (Å²) in [5.41, 5.74) is 5.17. The van der Waals surface area contributed by atoms with Crippen LogP contribution < -0.4 is 0 Å². The second-order valence-corrected chi connectivity index (χ2v) is 6.44. The molecule has 0 radical (unpaired) electrons. The molecule has 24 heavy (non-hydrogen) atoms. The van der Waals surface area contributed by atoms with Crippen LogP contribution in [0, 0.1) is 11.5 Å². The molecule has 120 valence electrons. The Hall–Kier alpha value is -2.80. The maximum Gasteiger partial charge on any atom is 0.254 e. The van der Waals surface area contributed by atoms with Crippen molar-refractivity contribution in [3.05, 3.63) is 59.2 Å². The lowest BCUT2D eigenvalue weighted by atomic mass is 9.93. The van der Waals surface area contributed by atoms with Crippen LogP contribution in [0.5, 0.6) is 0 Å². The molecular weight excluding hydrogens is 298 g/mol. The van der Waals surface area contributed by atoms with E-state index in [1.807, 2.05) is 35.2 Å². The number of nitriles is 1. The highest BCUT2D eigenvalue weighted by Crippen LogP contribution is 2.34. The SMILES string of the molecule is N#CN1Cc2cccc(-c3ccccc3C(=O)N3CCCC3)c2C1. The van der Waals surface area contributed by atoms with E-state index >= 15 is 0 Å². The summed E-state index contributed by atoms with van der Waals surface area (Å²) in [6.45, 7) is 2.97. The first-order chi connectivity index (χ1) is 11.8. The van der Waals surface area contributed by atoms with Crippen molar-refractivity contribution in [1.82, 2.24) is 9.80 Å². The van der Waals surface area contributed by atoms with Gasteiger partial charge in [0.05, 0.1) is 13.1 Å². The molecule has 0 saturated carbocycles. The fourth-order valence-corrected chi connectivity index (χ4v) is 3.74. The maximum atomic E-state index is 12.9. The van der Waals surface area contributed by atoms with Crippen molar-refractivity contribution < 1.29 is 4.79 Å². The van der Waals surface area contributed by atoms with Gasteiger partial charge in [0, 0.05) is 18.7 Å². The molecule has 1 amide bonds. The number of likely N-dealkylation sites (tertiary alicyclic amines) is 1. The van der Waals surface area contributed by atoms with Gasteiger partial charge in [-0.25, -0.2) is 0 Å². The van der Waals surface area contributed by atoms with E-state index in [2.05, 4.69) is 18.3 Å². The first-order valence-corrected chi connectivity index (χ1v) is 8.42. The van der Waals surface area contributed by atoms with Gasteiger partial charge in [-0.3, -0.25) is 4.79 Å². The van der Waals surface area contributed by atoms with Crippen LogP contribution in [0.3, 0.4) is 0 Å². The van der Waals surface area contributed by atoms with Crippen molar-refractivity contribution in [1.29, 1.82) is 5.26 Å². The first kappa shape index (κ1) is 14.8. The smallest absolute Gasteiger partial charge is 0.254 e. The summed E-state index contributed by atoms with van der Waals surface area (Å²) >= 11 is 0. The van der Waals surface area contributed by atoms with Gasteiger partial charge in [-0.05, 0) is 41.2 Å². The average Bonchev–Trinajstić information content (AvgIpc) is 3.30. The molecule has 1 saturated heterocycles. The molecule has 1 fully saturated rings. The van der Waals surface area contributed by atoms with E-state index in [4.69, 9.17) is 0 Å². The highest BCUT2D eigenvalue weighted by molar-refractivity contribution is 6.01. The van der Waals surface area contributed by atoms with E-state index in [1.54, 1.807) is 4.90 Å². The quantitative estimate of drug-likeness (QED) is 0.798. The van der Waals surface area contributed by atoms with Gasteiger partial charge in [-0.15, -0.1) is 0 Å². The number of fused-ring (bicyclic) bond motifs is 1. The molecule has 2 aromatic carbocycles. The largest absolute Gasteiger partial charge is 0.339 e. The fourth-order valence-electron chi connectivity index (χ4n) is 3.74. The molecule has 4 heteroatoms. The second-order valence-electron chi connectivity index (χ2n) is 6.44. The van der Waals surface area contributed by atoms with Crippen LogP contribution >= 0.6 is 0 Å². The summed E-state index contributed by atoms with van der Waals surface area (Å²) in [6, 6.07) is 14.0. The molecule has 0 aromatic heterocycles. The minimum Gasteiger partial charge on any atom is -0.339 e. The van der Waals surface area contributed by atoms with Gasteiger partial charge < -0.3 is 9.80 Å². The van der Waals surface area contributed by atoms with Gasteiger partial charge in [0.1, 0.15) is 0 Å². The van der Waals surface area contributed by atoms with E-state index in [-0.39, 0.29) is 5.91 Å². The lowest BCUT2D eigenvalue weighted by Crippen LogP contribution is -2.28. The van der Waals surface area contributed by atoms with E-state index in [9.17, 15) is 10.1 Å². The Morgan fingerprint density at radius 2 is 1.71 bits per heavy atom. The van der Waals surface area contributed by atoms with Gasteiger partial charge >= 0.3 is 0 Å². The van der Waals surface area contributed by atoms with Gasteiger partial charge in [0.15, 0.2) is 6.19 Å². The van der Waals surface area contributed by atoms with Crippen LogP contribution in [-0.2, 0) is 13.1 Å². The van der Waals surface area contributed by atoms with Crippen LogP contribution in [-0.4, -0.2) is 28.8 Å². The lowest BCUT2D eigenvalue weighted by Gasteiger charge is -2.19. The Kier molecular flexibility index (Phi) is 3.70. The number of hydrogen-bond donors (Lipinski definition) is 0. The van der Waals surface area contributed by atoms with E-state index < -0.39 is 0 Å². The van der Waals surface area contributed by atoms with E-state index in [1.165, 1.54) is 11.1 Å². The van der Waals surface area contributed by atoms with E-state index in [0.717, 1.165) is 42.6 Å². The average molecular weight is 317 g/mol. The number of hydrogen-bond acceptors (Lipinski definition) is 3. The molecule has 4 nitrogen and oxygen atoms in total. The molecule has 0 spiro atoms. The van der Waals surface area contributed by atoms with Gasteiger partial charge in [0.2, 0.25) is 0 Å². The predicted octanol–water partition coefficient (Wildman–Crippen LogP) is 3.39. The molecule has 2 aromatic rings. The molecule has 0 N–H and O–H groups in total. The monoisotopic (exact) mass is 317 g/mol. The zero-order chi connectivity index (χ0) is 16.5. The molecule has 0 bridgehead atoms. The van der Waals surface area contributed by atoms with Gasteiger partial charge in [-0.1, -0.05) is 36.4 Å². The Morgan fingerprint density at radius 1 is 0.958 bits per heavy atom. The molecule has 0 aliphatic carbocycles. The first-order valence-electron chi connectivity index (χ1n) is 8.42. The Bertz CT molecular complexity index is 831.